The van der Waals surface area contributed by atoms with Crippen molar-refractivity contribution in [1.82, 2.24) is 20.9 Å². The van der Waals surface area contributed by atoms with E-state index < -0.39 is 6.04 Å². The van der Waals surface area contributed by atoms with E-state index in [0.717, 1.165) is 43.0 Å². The molecule has 1 saturated carbocycles. The smallest absolute Gasteiger partial charge is 0.268 e. The minimum atomic E-state index is -0.682. The highest BCUT2D eigenvalue weighted by molar-refractivity contribution is 6.01. The van der Waals surface area contributed by atoms with Gasteiger partial charge in [-0.2, -0.15) is 0 Å². The first kappa shape index (κ1) is 25.7. The fraction of sp³-hybridized carbons (Fsp3) is 0.556. The normalized spacial score (nSPS) is 19.9. The molecule has 1 aliphatic heterocycles. The van der Waals surface area contributed by atoms with Gasteiger partial charge in [-0.05, 0) is 50.1 Å². The third-order valence-corrected chi connectivity index (χ3v) is 7.43. The van der Waals surface area contributed by atoms with E-state index in [4.69, 9.17) is 4.74 Å². The van der Waals surface area contributed by atoms with E-state index >= 15 is 0 Å². The Morgan fingerprint density at radius 2 is 1.97 bits per heavy atom. The average molecular weight is 496 g/mol. The molecule has 36 heavy (non-hydrogen) atoms. The first-order valence-electron chi connectivity index (χ1n) is 13.0. The second kappa shape index (κ2) is 12.1. The minimum absolute atomic E-state index is 0.0135. The summed E-state index contributed by atoms with van der Waals surface area (Å²) in [5.41, 5.74) is 1.17. The molecular formula is C27H37N5O4. The summed E-state index contributed by atoms with van der Waals surface area (Å²) in [4.78, 5) is 45.9. The Morgan fingerprint density at radius 1 is 1.17 bits per heavy atom. The molecule has 0 bridgehead atoms. The van der Waals surface area contributed by atoms with Gasteiger partial charge in [0, 0.05) is 29.4 Å². The van der Waals surface area contributed by atoms with Crippen molar-refractivity contribution in [1.29, 1.82) is 0 Å². The molecule has 3 unspecified atom stereocenters. The molecule has 3 atom stereocenters. The zero-order chi connectivity index (χ0) is 25.5. The van der Waals surface area contributed by atoms with E-state index in [1.54, 1.807) is 13.2 Å². The van der Waals surface area contributed by atoms with Crippen molar-refractivity contribution in [3.05, 3.63) is 30.0 Å². The van der Waals surface area contributed by atoms with Crippen molar-refractivity contribution in [3.63, 3.8) is 0 Å². The van der Waals surface area contributed by atoms with Crippen LogP contribution < -0.4 is 20.7 Å². The summed E-state index contributed by atoms with van der Waals surface area (Å²) < 4.78 is 5.41. The van der Waals surface area contributed by atoms with Crippen LogP contribution in [0.25, 0.3) is 10.9 Å². The highest BCUT2D eigenvalue weighted by atomic mass is 16.5. The van der Waals surface area contributed by atoms with Crippen molar-refractivity contribution in [3.8, 4) is 5.75 Å². The summed E-state index contributed by atoms with van der Waals surface area (Å²) in [7, 11) is 1.59. The largest absolute Gasteiger partial charge is 0.496 e. The van der Waals surface area contributed by atoms with E-state index in [-0.39, 0.29) is 29.7 Å². The molecule has 4 N–H and O–H groups in total. The molecule has 0 radical (unpaired) electrons. The van der Waals surface area contributed by atoms with Crippen molar-refractivity contribution in [2.45, 2.75) is 63.5 Å². The van der Waals surface area contributed by atoms with Crippen LogP contribution in [0, 0.1) is 11.8 Å². The Kier molecular flexibility index (Phi) is 8.61. The van der Waals surface area contributed by atoms with Crippen molar-refractivity contribution in [2.24, 2.45) is 16.8 Å². The molecule has 0 spiro atoms. The van der Waals surface area contributed by atoms with Gasteiger partial charge in [0.2, 0.25) is 11.8 Å². The number of methoxy groups -OCH3 is 1. The number of carbonyl (C=O) groups excluding carboxylic acids is 3. The van der Waals surface area contributed by atoms with Crippen LogP contribution in [0.5, 0.6) is 5.75 Å². The number of nitrogens with zero attached hydrogens (tertiary/aromatic N) is 1. The third-order valence-electron chi connectivity index (χ3n) is 7.43. The number of rotatable bonds is 11. The van der Waals surface area contributed by atoms with Gasteiger partial charge in [0.25, 0.3) is 5.91 Å². The summed E-state index contributed by atoms with van der Waals surface area (Å²) in [6, 6.07) is 6.34. The molecule has 1 saturated heterocycles. The van der Waals surface area contributed by atoms with Crippen LogP contribution in [-0.2, 0) is 9.59 Å². The first-order chi connectivity index (χ1) is 17.5. The number of aromatic amines is 1. The van der Waals surface area contributed by atoms with Crippen LogP contribution >= 0.6 is 0 Å². The fourth-order valence-corrected chi connectivity index (χ4v) is 5.50. The van der Waals surface area contributed by atoms with Crippen LogP contribution in [0.2, 0.25) is 0 Å². The third kappa shape index (κ3) is 6.25. The Balaban J connectivity index is 1.49. The number of aliphatic imine (C=N–C) groups is 1. The lowest BCUT2D eigenvalue weighted by atomic mass is 9.84. The number of amides is 3. The summed E-state index contributed by atoms with van der Waals surface area (Å²) >= 11 is 0. The molecule has 2 heterocycles. The minimum Gasteiger partial charge on any atom is -0.496 e. The Labute approximate surface area is 211 Å². The molecule has 2 aliphatic rings. The standard InChI is InChI=1S/C27H37N5O4/c1-28-16-19(14-18-11-12-29-25(18)33)30-26(34)22(13-17-7-4-3-5-8-17)32-27(35)23-15-20-21(31-23)9-6-10-24(20)36-2/h6,9-10,15,17-19,22,31H,1,3-5,7-8,11-14,16H2,2H3,(H,29,33)(H,30,34)(H,32,35). The number of carbonyl (C=O) groups is 3. The molecule has 1 aliphatic carbocycles. The van der Waals surface area contributed by atoms with Gasteiger partial charge in [-0.25, -0.2) is 0 Å². The van der Waals surface area contributed by atoms with Crippen LogP contribution in [0.3, 0.4) is 0 Å². The predicted molar refractivity (Wildman–Crippen MR) is 139 cm³/mol. The number of nitrogens with one attached hydrogen (secondary N) is 4. The van der Waals surface area contributed by atoms with Gasteiger partial charge < -0.3 is 25.7 Å². The summed E-state index contributed by atoms with van der Waals surface area (Å²) in [6.07, 6.45) is 7.46. The van der Waals surface area contributed by atoms with E-state index in [2.05, 4.69) is 32.6 Å². The highest BCUT2D eigenvalue weighted by Crippen LogP contribution is 2.29. The topological polar surface area (TPSA) is 125 Å². The summed E-state index contributed by atoms with van der Waals surface area (Å²) in [6.45, 7) is 4.55. The summed E-state index contributed by atoms with van der Waals surface area (Å²) in [5, 5.41) is 9.69. The van der Waals surface area contributed by atoms with Gasteiger partial charge in [-0.3, -0.25) is 19.4 Å². The first-order valence-corrected chi connectivity index (χ1v) is 13.0. The molecule has 194 valence electrons. The van der Waals surface area contributed by atoms with E-state index in [0.29, 0.717) is 43.3 Å². The second-order valence-electron chi connectivity index (χ2n) is 9.99. The van der Waals surface area contributed by atoms with Crippen LogP contribution in [-0.4, -0.2) is 61.7 Å². The molecule has 1 aromatic carbocycles. The number of hydrogen-bond acceptors (Lipinski definition) is 5. The highest BCUT2D eigenvalue weighted by Gasteiger charge is 2.31. The van der Waals surface area contributed by atoms with Gasteiger partial charge in [0.05, 0.1) is 13.7 Å². The number of ether oxygens (including phenoxy) is 1. The Morgan fingerprint density at radius 3 is 2.67 bits per heavy atom. The fourth-order valence-electron chi connectivity index (χ4n) is 5.50. The van der Waals surface area contributed by atoms with Crippen LogP contribution in [0.1, 0.15) is 61.9 Å². The van der Waals surface area contributed by atoms with E-state index in [1.165, 1.54) is 6.42 Å². The molecule has 2 aromatic rings. The van der Waals surface area contributed by atoms with E-state index in [1.807, 2.05) is 18.2 Å². The maximum absolute atomic E-state index is 13.5. The lowest BCUT2D eigenvalue weighted by Crippen LogP contribution is -2.51. The number of H-pyrrole nitrogens is 1. The van der Waals surface area contributed by atoms with Gasteiger partial charge in [0.15, 0.2) is 0 Å². The molecule has 1 aromatic heterocycles. The Bertz CT molecular complexity index is 1090. The van der Waals surface area contributed by atoms with Crippen molar-refractivity contribution >= 4 is 35.3 Å². The van der Waals surface area contributed by atoms with Gasteiger partial charge in [0.1, 0.15) is 17.5 Å². The van der Waals surface area contributed by atoms with Crippen LogP contribution in [0.4, 0.5) is 0 Å². The number of benzene rings is 1. The summed E-state index contributed by atoms with van der Waals surface area (Å²) in [5.74, 6) is 0.348. The number of aromatic nitrogens is 1. The zero-order valence-electron chi connectivity index (χ0n) is 21.0. The number of fused-ring (bicyclic) bond motifs is 1. The number of hydrogen-bond donors (Lipinski definition) is 4. The zero-order valence-corrected chi connectivity index (χ0v) is 21.0. The monoisotopic (exact) mass is 495 g/mol. The van der Waals surface area contributed by atoms with Gasteiger partial charge in [-0.1, -0.05) is 38.2 Å². The Hall–Kier alpha value is -3.36. The quantitative estimate of drug-likeness (QED) is 0.358. The SMILES string of the molecule is C=NCC(CC1CCNC1=O)NC(=O)C(CC1CCCCC1)NC(=O)c1cc2c(OC)cccc2[nH]1. The lowest BCUT2D eigenvalue weighted by Gasteiger charge is -2.28. The van der Waals surface area contributed by atoms with Crippen molar-refractivity contribution in [2.75, 3.05) is 20.2 Å². The lowest BCUT2D eigenvalue weighted by molar-refractivity contribution is -0.126. The molecular weight excluding hydrogens is 458 g/mol. The van der Waals surface area contributed by atoms with Gasteiger partial charge >= 0.3 is 0 Å². The molecule has 2 fully saturated rings. The van der Waals surface area contributed by atoms with E-state index in [9.17, 15) is 14.4 Å². The molecule has 9 heteroatoms. The predicted octanol–water partition coefficient (Wildman–Crippen LogP) is 2.96. The van der Waals surface area contributed by atoms with Gasteiger partial charge in [-0.15, -0.1) is 0 Å². The van der Waals surface area contributed by atoms with Crippen molar-refractivity contribution < 1.29 is 19.1 Å². The maximum Gasteiger partial charge on any atom is 0.268 e. The molecule has 3 amide bonds. The maximum atomic E-state index is 13.5. The average Bonchev–Trinajstić information content (AvgIpc) is 3.50. The van der Waals surface area contributed by atoms with Crippen LogP contribution in [0.15, 0.2) is 29.3 Å². The second-order valence-corrected chi connectivity index (χ2v) is 9.99. The molecule has 9 nitrogen and oxygen atoms in total. The molecule has 4 rings (SSSR count).